The van der Waals surface area contributed by atoms with E-state index in [0.29, 0.717) is 12.3 Å². The molecule has 0 aromatic rings. The predicted molar refractivity (Wildman–Crippen MR) is 68.6 cm³/mol. The number of nitrogens with two attached hydrogens (primary N) is 1. The number of amides is 1. The molecule has 1 aliphatic rings. The molecular weight excluding hydrogens is 216 g/mol. The van der Waals surface area contributed by atoms with Gasteiger partial charge in [0.2, 0.25) is 5.91 Å². The Morgan fingerprint density at radius 2 is 2.35 bits per heavy atom. The Hall–Kier alpha value is -0.610. The average Bonchev–Trinajstić information content (AvgIpc) is 2.72. The Labute approximate surface area is 104 Å². The minimum Gasteiger partial charge on any atom is -0.378 e. The largest absolute Gasteiger partial charge is 0.378 e. The zero-order valence-corrected chi connectivity index (χ0v) is 11.3. The number of carbonyl (C=O) groups is 1. The van der Waals surface area contributed by atoms with E-state index < -0.39 is 5.54 Å². The maximum absolute atomic E-state index is 11.4. The van der Waals surface area contributed by atoms with Gasteiger partial charge in [0, 0.05) is 13.0 Å². The number of primary amides is 1. The summed E-state index contributed by atoms with van der Waals surface area (Å²) in [6, 6.07) is 0. The molecule has 0 aromatic heterocycles. The number of nitrogens with one attached hydrogen (secondary N) is 1. The van der Waals surface area contributed by atoms with Gasteiger partial charge in [-0.2, -0.15) is 0 Å². The van der Waals surface area contributed by atoms with Crippen LogP contribution in [-0.4, -0.2) is 31.2 Å². The van der Waals surface area contributed by atoms with Crippen LogP contribution in [0.25, 0.3) is 0 Å². The van der Waals surface area contributed by atoms with Crippen LogP contribution in [0.4, 0.5) is 0 Å². The summed E-state index contributed by atoms with van der Waals surface area (Å²) in [6.45, 7) is 5.18. The monoisotopic (exact) mass is 242 g/mol. The fourth-order valence-corrected chi connectivity index (χ4v) is 2.59. The molecule has 1 amide bonds. The van der Waals surface area contributed by atoms with Crippen LogP contribution in [-0.2, 0) is 9.53 Å². The summed E-state index contributed by atoms with van der Waals surface area (Å²) in [6.07, 6.45) is 4.97. The second kappa shape index (κ2) is 6.36. The van der Waals surface area contributed by atoms with Crippen molar-refractivity contribution in [3.8, 4) is 0 Å². The van der Waals surface area contributed by atoms with Gasteiger partial charge < -0.3 is 15.8 Å². The summed E-state index contributed by atoms with van der Waals surface area (Å²) in [4.78, 5) is 11.4. The number of likely N-dealkylation sites (N-methyl/N-ethyl adjacent to an activating group) is 1. The van der Waals surface area contributed by atoms with E-state index in [4.69, 9.17) is 10.5 Å². The van der Waals surface area contributed by atoms with Crippen LogP contribution in [0.1, 0.15) is 46.0 Å². The smallest absolute Gasteiger partial charge is 0.237 e. The Kier molecular flexibility index (Phi) is 5.40. The summed E-state index contributed by atoms with van der Waals surface area (Å²) < 4.78 is 5.88. The fourth-order valence-electron chi connectivity index (χ4n) is 2.59. The first-order valence-corrected chi connectivity index (χ1v) is 6.64. The zero-order chi connectivity index (χ0) is 12.9. The van der Waals surface area contributed by atoms with Crippen LogP contribution < -0.4 is 11.1 Å². The normalized spacial score (nSPS) is 30.4. The molecular formula is C13H26N2O2. The molecule has 1 saturated carbocycles. The number of hydrogen-bond acceptors (Lipinski definition) is 3. The van der Waals surface area contributed by atoms with Gasteiger partial charge in [-0.15, -0.1) is 0 Å². The molecule has 4 heteroatoms. The van der Waals surface area contributed by atoms with E-state index in [-0.39, 0.29) is 12.0 Å². The van der Waals surface area contributed by atoms with E-state index in [2.05, 4.69) is 19.2 Å². The second-order valence-electron chi connectivity index (χ2n) is 5.29. The van der Waals surface area contributed by atoms with Crippen LogP contribution in [0.15, 0.2) is 0 Å². The van der Waals surface area contributed by atoms with E-state index in [9.17, 15) is 4.79 Å². The molecule has 100 valence electrons. The lowest BCUT2D eigenvalue weighted by Crippen LogP contribution is -2.52. The quantitative estimate of drug-likeness (QED) is 0.710. The Morgan fingerprint density at radius 3 is 2.82 bits per heavy atom. The van der Waals surface area contributed by atoms with Gasteiger partial charge in [-0.25, -0.2) is 0 Å². The van der Waals surface area contributed by atoms with Gasteiger partial charge >= 0.3 is 0 Å². The van der Waals surface area contributed by atoms with Gasteiger partial charge in [-0.05, 0) is 32.2 Å². The highest BCUT2D eigenvalue weighted by Crippen LogP contribution is 2.31. The van der Waals surface area contributed by atoms with Crippen molar-refractivity contribution in [2.45, 2.75) is 57.6 Å². The van der Waals surface area contributed by atoms with Gasteiger partial charge in [0.25, 0.3) is 0 Å². The SMILES string of the molecule is CCCC(C)COC1CCC(NC)(C(N)=O)C1. The molecule has 0 aromatic carbocycles. The van der Waals surface area contributed by atoms with E-state index in [1.807, 2.05) is 0 Å². The lowest BCUT2D eigenvalue weighted by Gasteiger charge is -2.25. The van der Waals surface area contributed by atoms with Gasteiger partial charge in [0.1, 0.15) is 0 Å². The predicted octanol–water partition coefficient (Wildman–Crippen LogP) is 1.44. The molecule has 0 radical (unpaired) electrons. The molecule has 0 saturated heterocycles. The highest BCUT2D eigenvalue weighted by molar-refractivity contribution is 5.85. The number of hydrogen-bond donors (Lipinski definition) is 2. The topological polar surface area (TPSA) is 64.3 Å². The van der Waals surface area contributed by atoms with Crippen molar-refractivity contribution < 1.29 is 9.53 Å². The first kappa shape index (κ1) is 14.5. The van der Waals surface area contributed by atoms with Gasteiger partial charge in [-0.1, -0.05) is 20.3 Å². The fraction of sp³-hybridized carbons (Fsp3) is 0.923. The van der Waals surface area contributed by atoms with Gasteiger partial charge in [0.15, 0.2) is 0 Å². The Balaban J connectivity index is 2.37. The minimum atomic E-state index is -0.543. The standard InChI is InChI=1S/C13H26N2O2/c1-4-5-10(2)9-17-11-6-7-13(8-11,15-3)12(14)16/h10-11,15H,4-9H2,1-3H3,(H2,14,16). The lowest BCUT2D eigenvalue weighted by molar-refractivity contribution is -0.124. The minimum absolute atomic E-state index is 0.175. The zero-order valence-electron chi connectivity index (χ0n) is 11.3. The molecule has 0 heterocycles. The van der Waals surface area contributed by atoms with Crippen molar-refractivity contribution in [2.75, 3.05) is 13.7 Å². The third-order valence-corrected chi connectivity index (χ3v) is 3.82. The highest BCUT2D eigenvalue weighted by atomic mass is 16.5. The molecule has 1 aliphatic carbocycles. The molecule has 0 spiro atoms. The summed E-state index contributed by atoms with van der Waals surface area (Å²) in [5, 5.41) is 3.07. The first-order valence-electron chi connectivity index (χ1n) is 6.64. The summed E-state index contributed by atoms with van der Waals surface area (Å²) in [5.74, 6) is 0.339. The first-order chi connectivity index (χ1) is 8.04. The molecule has 17 heavy (non-hydrogen) atoms. The maximum atomic E-state index is 11.4. The summed E-state index contributed by atoms with van der Waals surface area (Å²) >= 11 is 0. The molecule has 1 fully saturated rings. The van der Waals surface area contributed by atoms with Crippen LogP contribution in [0, 0.1) is 5.92 Å². The van der Waals surface area contributed by atoms with Crippen LogP contribution >= 0.6 is 0 Å². The maximum Gasteiger partial charge on any atom is 0.237 e. The van der Waals surface area contributed by atoms with Crippen molar-refractivity contribution >= 4 is 5.91 Å². The second-order valence-corrected chi connectivity index (χ2v) is 5.29. The van der Waals surface area contributed by atoms with Crippen LogP contribution in [0.5, 0.6) is 0 Å². The van der Waals surface area contributed by atoms with E-state index in [1.54, 1.807) is 7.05 Å². The molecule has 0 aliphatic heterocycles. The summed E-state index contributed by atoms with van der Waals surface area (Å²) in [5.41, 5.74) is 4.91. The Bertz CT molecular complexity index is 258. The van der Waals surface area contributed by atoms with Crippen molar-refractivity contribution in [2.24, 2.45) is 11.7 Å². The van der Waals surface area contributed by atoms with E-state index in [1.165, 1.54) is 12.8 Å². The Morgan fingerprint density at radius 1 is 1.65 bits per heavy atom. The molecule has 3 unspecified atom stereocenters. The molecule has 3 N–H and O–H groups in total. The third kappa shape index (κ3) is 3.68. The van der Waals surface area contributed by atoms with Crippen molar-refractivity contribution in [3.63, 3.8) is 0 Å². The van der Waals surface area contributed by atoms with Crippen molar-refractivity contribution in [1.29, 1.82) is 0 Å². The van der Waals surface area contributed by atoms with Gasteiger partial charge in [0.05, 0.1) is 11.6 Å². The number of ether oxygens (including phenoxy) is 1. The lowest BCUT2D eigenvalue weighted by atomic mass is 9.97. The summed E-state index contributed by atoms with van der Waals surface area (Å²) in [7, 11) is 1.80. The number of rotatable bonds is 7. The van der Waals surface area contributed by atoms with Crippen LogP contribution in [0.3, 0.4) is 0 Å². The molecule has 1 rings (SSSR count). The van der Waals surface area contributed by atoms with Gasteiger partial charge in [-0.3, -0.25) is 4.79 Å². The molecule has 0 bridgehead atoms. The average molecular weight is 242 g/mol. The van der Waals surface area contributed by atoms with Crippen LogP contribution in [0.2, 0.25) is 0 Å². The number of carbonyl (C=O) groups excluding carboxylic acids is 1. The molecule has 3 atom stereocenters. The van der Waals surface area contributed by atoms with E-state index >= 15 is 0 Å². The highest BCUT2D eigenvalue weighted by Gasteiger charge is 2.43. The third-order valence-electron chi connectivity index (χ3n) is 3.82. The van der Waals surface area contributed by atoms with E-state index in [0.717, 1.165) is 19.4 Å². The molecule has 4 nitrogen and oxygen atoms in total. The van der Waals surface area contributed by atoms with Crippen molar-refractivity contribution in [3.05, 3.63) is 0 Å². The van der Waals surface area contributed by atoms with Crippen molar-refractivity contribution in [1.82, 2.24) is 5.32 Å².